The second-order valence-electron chi connectivity index (χ2n) is 6.23. The van der Waals surface area contributed by atoms with Gasteiger partial charge in [0.1, 0.15) is 5.82 Å². The first kappa shape index (κ1) is 18.1. The van der Waals surface area contributed by atoms with Crippen LogP contribution in [0.5, 0.6) is 0 Å². The molecule has 0 bridgehead atoms. The summed E-state index contributed by atoms with van der Waals surface area (Å²) in [7, 11) is 0. The van der Waals surface area contributed by atoms with E-state index >= 15 is 0 Å². The number of allylic oxidation sites excluding steroid dienone is 1. The molecule has 0 unspecified atom stereocenters. The lowest BCUT2D eigenvalue weighted by Crippen LogP contribution is -2.16. The lowest BCUT2D eigenvalue weighted by molar-refractivity contribution is 0.0998. The van der Waals surface area contributed by atoms with Gasteiger partial charge >= 0.3 is 0 Å². The second kappa shape index (κ2) is 7.74. The van der Waals surface area contributed by atoms with Crippen LogP contribution in [0.1, 0.15) is 10.4 Å². The minimum atomic E-state index is -0.357. The molecule has 5 heteroatoms. The molecule has 0 saturated carbocycles. The first-order valence-electron chi connectivity index (χ1n) is 8.80. The van der Waals surface area contributed by atoms with Crippen molar-refractivity contribution in [3.8, 4) is 11.1 Å². The topological polar surface area (TPSA) is 34.4 Å². The van der Waals surface area contributed by atoms with Crippen LogP contribution in [0.25, 0.3) is 21.3 Å². The Morgan fingerprint density at radius 1 is 1.00 bits per heavy atom. The fourth-order valence-corrected chi connectivity index (χ4v) is 4.11. The SMILES string of the molecule is C=CCn1c(=NC(=O)c2ccc(-c3ccccc3)cc2)sc2cccc(F)c21. The Morgan fingerprint density at radius 3 is 2.43 bits per heavy atom. The molecule has 28 heavy (non-hydrogen) atoms. The van der Waals surface area contributed by atoms with E-state index in [-0.39, 0.29) is 11.7 Å². The maximum atomic E-state index is 14.3. The van der Waals surface area contributed by atoms with E-state index in [1.807, 2.05) is 48.5 Å². The maximum Gasteiger partial charge on any atom is 0.279 e. The van der Waals surface area contributed by atoms with E-state index in [2.05, 4.69) is 11.6 Å². The van der Waals surface area contributed by atoms with Gasteiger partial charge in [-0.25, -0.2) is 4.39 Å². The summed E-state index contributed by atoms with van der Waals surface area (Å²) in [6.07, 6.45) is 1.66. The molecule has 1 aromatic heterocycles. The minimum Gasteiger partial charge on any atom is -0.310 e. The van der Waals surface area contributed by atoms with Gasteiger partial charge in [0.2, 0.25) is 0 Å². The highest BCUT2D eigenvalue weighted by molar-refractivity contribution is 7.16. The summed E-state index contributed by atoms with van der Waals surface area (Å²) in [5.74, 6) is -0.693. The van der Waals surface area contributed by atoms with Crippen molar-refractivity contribution in [2.24, 2.45) is 4.99 Å². The molecule has 0 saturated heterocycles. The number of hydrogen-bond acceptors (Lipinski definition) is 2. The molecule has 0 radical (unpaired) electrons. The predicted octanol–water partition coefficient (Wildman–Crippen LogP) is 5.44. The molecule has 0 aliphatic carbocycles. The normalized spacial score (nSPS) is 11.7. The number of para-hydroxylation sites is 1. The van der Waals surface area contributed by atoms with Crippen LogP contribution in [0.2, 0.25) is 0 Å². The third kappa shape index (κ3) is 3.44. The number of fused-ring (bicyclic) bond motifs is 1. The van der Waals surface area contributed by atoms with Crippen LogP contribution >= 0.6 is 11.3 Å². The van der Waals surface area contributed by atoms with Gasteiger partial charge in [-0.05, 0) is 35.4 Å². The predicted molar refractivity (Wildman–Crippen MR) is 112 cm³/mol. The maximum absolute atomic E-state index is 14.3. The molecule has 0 spiro atoms. The molecule has 1 heterocycles. The molecule has 3 nitrogen and oxygen atoms in total. The number of thiazole rings is 1. The lowest BCUT2D eigenvalue weighted by atomic mass is 10.0. The summed E-state index contributed by atoms with van der Waals surface area (Å²) in [6, 6.07) is 22.2. The van der Waals surface area contributed by atoms with Gasteiger partial charge < -0.3 is 4.57 Å². The lowest BCUT2D eigenvalue weighted by Gasteiger charge is -2.03. The first-order valence-corrected chi connectivity index (χ1v) is 9.62. The van der Waals surface area contributed by atoms with Crippen molar-refractivity contribution in [2.75, 3.05) is 0 Å². The molecule has 3 aromatic carbocycles. The van der Waals surface area contributed by atoms with Crippen molar-refractivity contribution in [3.05, 3.63) is 102 Å². The third-order valence-corrected chi connectivity index (χ3v) is 5.44. The molecule has 0 N–H and O–H groups in total. The zero-order valence-corrected chi connectivity index (χ0v) is 15.8. The molecular weight excluding hydrogens is 371 g/mol. The molecule has 138 valence electrons. The molecule has 0 atom stereocenters. The van der Waals surface area contributed by atoms with E-state index in [0.717, 1.165) is 15.8 Å². The highest BCUT2D eigenvalue weighted by Gasteiger charge is 2.12. The van der Waals surface area contributed by atoms with Crippen molar-refractivity contribution >= 4 is 27.5 Å². The van der Waals surface area contributed by atoms with Gasteiger partial charge in [-0.3, -0.25) is 4.79 Å². The first-order chi connectivity index (χ1) is 13.7. The van der Waals surface area contributed by atoms with Crippen molar-refractivity contribution in [1.82, 2.24) is 4.57 Å². The fraction of sp³-hybridized carbons (Fsp3) is 0.0435. The zero-order valence-electron chi connectivity index (χ0n) is 15.0. The van der Waals surface area contributed by atoms with E-state index < -0.39 is 0 Å². The summed E-state index contributed by atoms with van der Waals surface area (Å²) < 4.78 is 16.7. The van der Waals surface area contributed by atoms with Crippen LogP contribution in [-0.2, 0) is 6.54 Å². The Kier molecular flexibility index (Phi) is 5.00. The molecular formula is C23H17FN2OS. The van der Waals surface area contributed by atoms with Gasteiger partial charge in [-0.1, -0.05) is 65.9 Å². The number of halogens is 1. The Balaban J connectivity index is 1.73. The van der Waals surface area contributed by atoms with Crippen molar-refractivity contribution in [3.63, 3.8) is 0 Å². The Bertz CT molecular complexity index is 1220. The molecule has 0 aliphatic heterocycles. The highest BCUT2D eigenvalue weighted by atomic mass is 32.1. The molecule has 4 rings (SSSR count). The van der Waals surface area contributed by atoms with Crippen LogP contribution in [0, 0.1) is 5.82 Å². The van der Waals surface area contributed by atoms with Crippen molar-refractivity contribution in [1.29, 1.82) is 0 Å². The van der Waals surface area contributed by atoms with E-state index in [9.17, 15) is 9.18 Å². The number of nitrogens with zero attached hydrogens (tertiary/aromatic N) is 2. The monoisotopic (exact) mass is 388 g/mol. The number of carbonyl (C=O) groups is 1. The number of aromatic nitrogens is 1. The molecule has 0 fully saturated rings. The van der Waals surface area contributed by atoms with E-state index in [1.54, 1.807) is 28.8 Å². The van der Waals surface area contributed by atoms with Gasteiger partial charge in [0, 0.05) is 12.1 Å². The van der Waals surface area contributed by atoms with Gasteiger partial charge in [0.05, 0.1) is 10.2 Å². The van der Waals surface area contributed by atoms with Crippen LogP contribution in [0.15, 0.2) is 90.4 Å². The average Bonchev–Trinajstić information content (AvgIpc) is 3.07. The van der Waals surface area contributed by atoms with Gasteiger partial charge in [0.25, 0.3) is 5.91 Å². The summed E-state index contributed by atoms with van der Waals surface area (Å²) in [5.41, 5.74) is 3.05. The number of benzene rings is 3. The highest BCUT2D eigenvalue weighted by Crippen LogP contribution is 2.21. The smallest absolute Gasteiger partial charge is 0.279 e. The largest absolute Gasteiger partial charge is 0.310 e. The summed E-state index contributed by atoms with van der Waals surface area (Å²) >= 11 is 1.29. The molecule has 4 aromatic rings. The third-order valence-electron chi connectivity index (χ3n) is 4.40. The van der Waals surface area contributed by atoms with Crippen molar-refractivity contribution < 1.29 is 9.18 Å². The Hall–Kier alpha value is -3.31. The Labute approximate surface area is 165 Å². The zero-order chi connectivity index (χ0) is 19.5. The van der Waals surface area contributed by atoms with E-state index in [1.165, 1.54) is 17.4 Å². The van der Waals surface area contributed by atoms with Gasteiger partial charge in [-0.15, -0.1) is 6.58 Å². The number of hydrogen-bond donors (Lipinski definition) is 0. The number of amides is 1. The van der Waals surface area contributed by atoms with Crippen LogP contribution in [-0.4, -0.2) is 10.5 Å². The Morgan fingerprint density at radius 2 is 1.71 bits per heavy atom. The van der Waals surface area contributed by atoms with Crippen LogP contribution in [0.3, 0.4) is 0 Å². The average molecular weight is 388 g/mol. The van der Waals surface area contributed by atoms with E-state index in [0.29, 0.717) is 22.4 Å². The fourth-order valence-electron chi connectivity index (χ4n) is 3.06. The van der Waals surface area contributed by atoms with Crippen LogP contribution < -0.4 is 4.80 Å². The van der Waals surface area contributed by atoms with Gasteiger partial charge in [0.15, 0.2) is 4.80 Å². The van der Waals surface area contributed by atoms with E-state index in [4.69, 9.17) is 0 Å². The second-order valence-corrected chi connectivity index (χ2v) is 7.24. The summed E-state index contributed by atoms with van der Waals surface area (Å²) in [4.78, 5) is 17.4. The standard InChI is InChI=1S/C23H17FN2OS/c1-2-15-26-21-19(24)9-6-10-20(21)28-23(26)25-22(27)18-13-11-17(12-14-18)16-7-4-3-5-8-16/h2-14H,1,15H2. The molecule has 0 aliphatic rings. The summed E-state index contributed by atoms with van der Waals surface area (Å²) in [6.45, 7) is 4.10. The van der Waals surface area contributed by atoms with Gasteiger partial charge in [-0.2, -0.15) is 4.99 Å². The van der Waals surface area contributed by atoms with Crippen LogP contribution in [0.4, 0.5) is 4.39 Å². The quantitative estimate of drug-likeness (QED) is 0.429. The minimum absolute atomic E-state index is 0.336. The molecule has 1 amide bonds. The number of rotatable bonds is 4. The van der Waals surface area contributed by atoms with Crippen molar-refractivity contribution in [2.45, 2.75) is 6.54 Å². The number of carbonyl (C=O) groups excluding carboxylic acids is 1. The summed E-state index contributed by atoms with van der Waals surface area (Å²) in [5, 5.41) is 0.